The van der Waals surface area contributed by atoms with Crippen LogP contribution in [0.2, 0.25) is 0 Å². The molecule has 2 heterocycles. The van der Waals surface area contributed by atoms with Gasteiger partial charge in [0.25, 0.3) is 0 Å². The van der Waals surface area contributed by atoms with Crippen LogP contribution in [0.3, 0.4) is 0 Å². The van der Waals surface area contributed by atoms with Gasteiger partial charge in [0.15, 0.2) is 0 Å². The number of nitrogens with zero attached hydrogens (tertiary/aromatic N) is 4. The van der Waals surface area contributed by atoms with Crippen LogP contribution in [0.15, 0.2) is 27.5 Å². The van der Waals surface area contributed by atoms with Crippen molar-refractivity contribution in [1.29, 1.82) is 0 Å². The highest BCUT2D eigenvalue weighted by Gasteiger charge is 2.18. The maximum absolute atomic E-state index is 4.47. The molecule has 0 saturated carbocycles. The van der Waals surface area contributed by atoms with Crippen molar-refractivity contribution < 1.29 is 0 Å². The quantitative estimate of drug-likeness (QED) is 0.855. The standard InChI is InChI=1S/C12H15Br2N5/c1-3-19-11(17-7-18-19)5-10(15-2)12-9(14)4-8(13)6-16-12/h4,6-7,10,15H,3,5H2,1-2H3. The van der Waals surface area contributed by atoms with Gasteiger partial charge in [0, 0.05) is 28.1 Å². The zero-order chi connectivity index (χ0) is 13.8. The normalized spacial score (nSPS) is 12.6. The third kappa shape index (κ3) is 3.40. The fraction of sp³-hybridized carbons (Fsp3) is 0.417. The van der Waals surface area contributed by atoms with E-state index >= 15 is 0 Å². The minimum Gasteiger partial charge on any atom is -0.311 e. The molecule has 0 amide bonds. The van der Waals surface area contributed by atoms with E-state index in [1.165, 1.54) is 0 Å². The number of hydrogen-bond donors (Lipinski definition) is 1. The highest BCUT2D eigenvalue weighted by atomic mass is 79.9. The molecule has 2 aromatic heterocycles. The largest absolute Gasteiger partial charge is 0.311 e. The first kappa shape index (κ1) is 14.6. The summed E-state index contributed by atoms with van der Waals surface area (Å²) in [6.45, 7) is 2.88. The Balaban J connectivity index is 2.25. The summed E-state index contributed by atoms with van der Waals surface area (Å²) in [7, 11) is 1.92. The Morgan fingerprint density at radius 1 is 1.37 bits per heavy atom. The van der Waals surface area contributed by atoms with E-state index in [1.54, 1.807) is 12.5 Å². The van der Waals surface area contributed by atoms with Crippen LogP contribution in [-0.2, 0) is 13.0 Å². The molecule has 0 radical (unpaired) electrons. The van der Waals surface area contributed by atoms with Crippen LogP contribution in [0.25, 0.3) is 0 Å². The second-order valence-electron chi connectivity index (χ2n) is 4.06. The smallest absolute Gasteiger partial charge is 0.138 e. The highest BCUT2D eigenvalue weighted by molar-refractivity contribution is 9.11. The maximum Gasteiger partial charge on any atom is 0.138 e. The maximum atomic E-state index is 4.47. The van der Waals surface area contributed by atoms with E-state index in [0.717, 1.165) is 33.4 Å². The molecule has 0 aromatic carbocycles. The number of aromatic nitrogens is 4. The van der Waals surface area contributed by atoms with Crippen molar-refractivity contribution in [2.75, 3.05) is 7.05 Å². The Morgan fingerprint density at radius 3 is 2.79 bits per heavy atom. The molecule has 0 aliphatic rings. The van der Waals surface area contributed by atoms with Gasteiger partial charge in [-0.25, -0.2) is 4.98 Å². The second kappa shape index (κ2) is 6.58. The van der Waals surface area contributed by atoms with Gasteiger partial charge in [-0.1, -0.05) is 0 Å². The highest BCUT2D eigenvalue weighted by Crippen LogP contribution is 2.26. The van der Waals surface area contributed by atoms with Crippen LogP contribution in [0, 0.1) is 0 Å². The summed E-state index contributed by atoms with van der Waals surface area (Å²) < 4.78 is 3.83. The lowest BCUT2D eigenvalue weighted by Crippen LogP contribution is -2.22. The Morgan fingerprint density at radius 2 is 2.16 bits per heavy atom. The van der Waals surface area contributed by atoms with E-state index < -0.39 is 0 Å². The number of aryl methyl sites for hydroxylation is 1. The fourth-order valence-electron chi connectivity index (χ4n) is 1.91. The van der Waals surface area contributed by atoms with Gasteiger partial charge in [0.05, 0.1) is 11.7 Å². The Kier molecular flexibility index (Phi) is 5.06. The lowest BCUT2D eigenvalue weighted by molar-refractivity contribution is 0.523. The molecule has 0 saturated heterocycles. The van der Waals surface area contributed by atoms with Gasteiger partial charge in [0.1, 0.15) is 12.2 Å². The minimum atomic E-state index is 0.0944. The van der Waals surface area contributed by atoms with Gasteiger partial charge in [-0.2, -0.15) is 5.10 Å². The lowest BCUT2D eigenvalue weighted by atomic mass is 10.1. The first-order chi connectivity index (χ1) is 9.15. The molecule has 2 aromatic rings. The molecule has 5 nitrogen and oxygen atoms in total. The molecule has 0 fully saturated rings. The topological polar surface area (TPSA) is 55.6 Å². The first-order valence-electron chi connectivity index (χ1n) is 6.00. The third-order valence-corrected chi connectivity index (χ3v) is 3.97. The molecule has 1 unspecified atom stereocenters. The number of likely N-dealkylation sites (N-methyl/N-ethyl adjacent to an activating group) is 1. The summed E-state index contributed by atoms with van der Waals surface area (Å²) in [5.41, 5.74) is 0.969. The molecule has 2 rings (SSSR count). The predicted octanol–water partition coefficient (Wildman–Crippen LogP) is 2.72. The van der Waals surface area contributed by atoms with Gasteiger partial charge in [-0.15, -0.1) is 0 Å². The van der Waals surface area contributed by atoms with Crippen molar-refractivity contribution >= 4 is 31.9 Å². The minimum absolute atomic E-state index is 0.0944. The third-order valence-electron chi connectivity index (χ3n) is 2.90. The Bertz CT molecular complexity index is 555. The summed E-state index contributed by atoms with van der Waals surface area (Å²) in [6.07, 6.45) is 4.14. The van der Waals surface area contributed by atoms with E-state index in [1.807, 2.05) is 17.8 Å². The van der Waals surface area contributed by atoms with E-state index in [0.29, 0.717) is 0 Å². The fourth-order valence-corrected chi connectivity index (χ4v) is 3.17. The van der Waals surface area contributed by atoms with E-state index in [2.05, 4.69) is 59.2 Å². The summed E-state index contributed by atoms with van der Waals surface area (Å²) in [5.74, 6) is 0.957. The van der Waals surface area contributed by atoms with Crippen LogP contribution in [0.5, 0.6) is 0 Å². The molecule has 0 aliphatic carbocycles. The number of pyridine rings is 1. The van der Waals surface area contributed by atoms with E-state index in [9.17, 15) is 0 Å². The molecule has 7 heteroatoms. The molecule has 0 spiro atoms. The Labute approximate surface area is 129 Å². The number of rotatable bonds is 5. The molecule has 19 heavy (non-hydrogen) atoms. The zero-order valence-corrected chi connectivity index (χ0v) is 13.9. The van der Waals surface area contributed by atoms with Crippen LogP contribution in [-0.4, -0.2) is 26.8 Å². The van der Waals surface area contributed by atoms with Crippen molar-refractivity contribution in [2.45, 2.75) is 25.9 Å². The second-order valence-corrected chi connectivity index (χ2v) is 5.83. The van der Waals surface area contributed by atoms with Gasteiger partial charge in [-0.05, 0) is 51.9 Å². The van der Waals surface area contributed by atoms with Crippen molar-refractivity contribution in [1.82, 2.24) is 25.1 Å². The molecule has 102 valence electrons. The average molecular weight is 389 g/mol. The molecular weight excluding hydrogens is 374 g/mol. The van der Waals surface area contributed by atoms with Crippen molar-refractivity contribution in [3.8, 4) is 0 Å². The monoisotopic (exact) mass is 387 g/mol. The lowest BCUT2D eigenvalue weighted by Gasteiger charge is -2.17. The van der Waals surface area contributed by atoms with E-state index in [-0.39, 0.29) is 6.04 Å². The van der Waals surface area contributed by atoms with Crippen molar-refractivity contribution in [2.24, 2.45) is 0 Å². The van der Waals surface area contributed by atoms with Crippen LogP contribution >= 0.6 is 31.9 Å². The molecule has 1 atom stereocenters. The molecule has 0 bridgehead atoms. The summed E-state index contributed by atoms with van der Waals surface area (Å²) in [4.78, 5) is 8.78. The SMILES string of the molecule is CCn1ncnc1CC(NC)c1ncc(Br)cc1Br. The molecule has 0 aliphatic heterocycles. The average Bonchev–Trinajstić information content (AvgIpc) is 2.84. The van der Waals surface area contributed by atoms with E-state index in [4.69, 9.17) is 0 Å². The summed E-state index contributed by atoms with van der Waals surface area (Å²) in [5, 5.41) is 7.47. The molecule has 1 N–H and O–H groups in total. The van der Waals surface area contributed by atoms with Crippen LogP contribution < -0.4 is 5.32 Å². The van der Waals surface area contributed by atoms with Crippen molar-refractivity contribution in [3.05, 3.63) is 39.1 Å². The number of nitrogens with one attached hydrogen (secondary N) is 1. The van der Waals surface area contributed by atoms with Crippen LogP contribution in [0.1, 0.15) is 24.5 Å². The Hall–Kier alpha value is -0.790. The predicted molar refractivity (Wildman–Crippen MR) is 80.8 cm³/mol. The summed E-state index contributed by atoms with van der Waals surface area (Å²) >= 11 is 6.96. The first-order valence-corrected chi connectivity index (χ1v) is 7.59. The van der Waals surface area contributed by atoms with Gasteiger partial charge in [-0.3, -0.25) is 9.67 Å². The molecular formula is C12H15Br2N5. The number of halogens is 2. The zero-order valence-electron chi connectivity index (χ0n) is 10.8. The summed E-state index contributed by atoms with van der Waals surface area (Å²) in [6, 6.07) is 2.09. The van der Waals surface area contributed by atoms with Gasteiger partial charge >= 0.3 is 0 Å². The number of hydrogen-bond acceptors (Lipinski definition) is 4. The van der Waals surface area contributed by atoms with Gasteiger partial charge in [0.2, 0.25) is 0 Å². The van der Waals surface area contributed by atoms with Gasteiger partial charge < -0.3 is 5.32 Å². The van der Waals surface area contributed by atoms with Crippen LogP contribution in [0.4, 0.5) is 0 Å². The van der Waals surface area contributed by atoms with Crippen molar-refractivity contribution in [3.63, 3.8) is 0 Å².